The van der Waals surface area contributed by atoms with Crippen molar-refractivity contribution in [3.63, 3.8) is 0 Å². The minimum Gasteiger partial charge on any atom is -0.337 e. The van der Waals surface area contributed by atoms with Gasteiger partial charge in [0.2, 0.25) is 11.7 Å². The van der Waals surface area contributed by atoms with E-state index in [1.165, 1.54) is 27.7 Å². The molecule has 0 unspecified atom stereocenters. The van der Waals surface area contributed by atoms with Crippen LogP contribution in [0.4, 0.5) is 4.39 Å². The minimum atomic E-state index is -0.371. The molecule has 10 heteroatoms. The van der Waals surface area contributed by atoms with Crippen molar-refractivity contribution < 1.29 is 8.91 Å². The van der Waals surface area contributed by atoms with Crippen LogP contribution < -0.4 is 5.56 Å². The molecule has 0 aliphatic rings. The quantitative estimate of drug-likeness (QED) is 0.440. The molecular weight excluding hydrogens is 411 g/mol. The number of aromatic nitrogens is 6. The molecule has 0 saturated carbocycles. The van der Waals surface area contributed by atoms with Gasteiger partial charge in [-0.25, -0.2) is 13.6 Å². The number of halogens is 2. The Kier molecular flexibility index (Phi) is 4.36. The third kappa shape index (κ3) is 3.25. The smallest absolute Gasteiger partial charge is 0.293 e. The van der Waals surface area contributed by atoms with Crippen molar-refractivity contribution >= 4 is 17.1 Å². The Bertz CT molecular complexity index is 1420. The van der Waals surface area contributed by atoms with E-state index in [0.29, 0.717) is 27.6 Å². The van der Waals surface area contributed by atoms with Gasteiger partial charge in [0.05, 0.1) is 10.7 Å². The number of benzene rings is 2. The third-order valence-corrected chi connectivity index (χ3v) is 4.82. The standard InChI is InChI=1S/C20H12ClFN6O2/c21-15-4-2-1-3-14(15)16-9-17-20(29)27(23-11-28(17)25-16)10-18-24-19(26-30-18)12-5-7-13(22)8-6-12/h1-9,11H,10H2. The highest BCUT2D eigenvalue weighted by Crippen LogP contribution is 2.26. The lowest BCUT2D eigenvalue weighted by molar-refractivity contribution is 0.362. The summed E-state index contributed by atoms with van der Waals surface area (Å²) in [6.07, 6.45) is 1.42. The maximum atomic E-state index is 13.1. The Hall–Kier alpha value is -3.85. The first-order chi connectivity index (χ1) is 14.6. The second-order valence-corrected chi connectivity index (χ2v) is 6.86. The van der Waals surface area contributed by atoms with Crippen LogP contribution in [-0.4, -0.2) is 29.5 Å². The van der Waals surface area contributed by atoms with E-state index < -0.39 is 0 Å². The molecule has 0 aliphatic carbocycles. The Morgan fingerprint density at radius 3 is 2.70 bits per heavy atom. The maximum Gasteiger partial charge on any atom is 0.293 e. The second-order valence-electron chi connectivity index (χ2n) is 6.45. The summed E-state index contributed by atoms with van der Waals surface area (Å²) in [5.74, 6) is 0.132. The van der Waals surface area contributed by atoms with Crippen molar-refractivity contribution in [2.75, 3.05) is 0 Å². The Labute approximate surface area is 173 Å². The van der Waals surface area contributed by atoms with Crippen LogP contribution in [0, 0.1) is 5.82 Å². The first-order valence-corrected chi connectivity index (χ1v) is 9.25. The molecule has 148 valence electrons. The van der Waals surface area contributed by atoms with E-state index in [1.807, 2.05) is 18.2 Å². The molecule has 3 heterocycles. The summed E-state index contributed by atoms with van der Waals surface area (Å²) >= 11 is 6.23. The monoisotopic (exact) mass is 422 g/mol. The van der Waals surface area contributed by atoms with Crippen molar-refractivity contribution in [1.29, 1.82) is 0 Å². The number of fused-ring (bicyclic) bond motifs is 1. The zero-order chi connectivity index (χ0) is 20.7. The molecule has 0 amide bonds. The molecule has 30 heavy (non-hydrogen) atoms. The molecule has 0 fully saturated rings. The van der Waals surface area contributed by atoms with E-state index in [9.17, 15) is 9.18 Å². The van der Waals surface area contributed by atoms with E-state index in [2.05, 4.69) is 20.3 Å². The van der Waals surface area contributed by atoms with E-state index in [0.717, 1.165) is 5.56 Å². The molecular formula is C20H12ClFN6O2. The number of hydrogen-bond acceptors (Lipinski definition) is 6. The van der Waals surface area contributed by atoms with Gasteiger partial charge < -0.3 is 4.52 Å². The lowest BCUT2D eigenvalue weighted by Crippen LogP contribution is -2.25. The first-order valence-electron chi connectivity index (χ1n) is 8.87. The summed E-state index contributed by atoms with van der Waals surface area (Å²) in [5.41, 5.74) is 1.84. The number of hydrogen-bond donors (Lipinski definition) is 0. The number of rotatable bonds is 4. The topological polar surface area (TPSA) is 91.1 Å². The van der Waals surface area contributed by atoms with E-state index in [4.69, 9.17) is 16.1 Å². The fourth-order valence-electron chi connectivity index (χ4n) is 3.01. The van der Waals surface area contributed by atoms with Gasteiger partial charge >= 0.3 is 0 Å². The molecule has 0 radical (unpaired) electrons. The molecule has 5 rings (SSSR count). The molecule has 0 atom stereocenters. The molecule has 0 saturated heterocycles. The zero-order valence-electron chi connectivity index (χ0n) is 15.2. The maximum absolute atomic E-state index is 13.1. The van der Waals surface area contributed by atoms with Crippen LogP contribution in [0.2, 0.25) is 5.02 Å². The highest BCUT2D eigenvalue weighted by atomic mass is 35.5. The van der Waals surface area contributed by atoms with Crippen molar-refractivity contribution in [3.05, 3.63) is 88.0 Å². The fourth-order valence-corrected chi connectivity index (χ4v) is 3.25. The van der Waals surface area contributed by atoms with Gasteiger partial charge in [-0.05, 0) is 36.4 Å². The van der Waals surface area contributed by atoms with Gasteiger partial charge in [-0.2, -0.15) is 15.2 Å². The van der Waals surface area contributed by atoms with Gasteiger partial charge in [0.1, 0.15) is 24.2 Å². The summed E-state index contributed by atoms with van der Waals surface area (Å²) < 4.78 is 20.9. The molecule has 2 aromatic carbocycles. The SMILES string of the molecule is O=c1c2cc(-c3ccccc3Cl)nn2cnn1Cc1nc(-c2ccc(F)cc2)no1. The van der Waals surface area contributed by atoms with Crippen LogP contribution in [0.25, 0.3) is 28.2 Å². The Morgan fingerprint density at radius 2 is 1.90 bits per heavy atom. The summed E-state index contributed by atoms with van der Waals surface area (Å²) in [5, 5.41) is 12.9. The van der Waals surface area contributed by atoms with Crippen molar-refractivity contribution in [3.8, 4) is 22.6 Å². The van der Waals surface area contributed by atoms with E-state index in [-0.39, 0.29) is 23.8 Å². The molecule has 3 aromatic heterocycles. The molecule has 0 spiro atoms. The zero-order valence-corrected chi connectivity index (χ0v) is 16.0. The summed E-state index contributed by atoms with van der Waals surface area (Å²) in [4.78, 5) is 17.1. The van der Waals surface area contributed by atoms with Crippen LogP contribution >= 0.6 is 11.6 Å². The van der Waals surface area contributed by atoms with Gasteiger partial charge in [-0.3, -0.25) is 4.79 Å². The fraction of sp³-hybridized carbons (Fsp3) is 0.0500. The Morgan fingerprint density at radius 1 is 1.10 bits per heavy atom. The molecule has 5 aromatic rings. The van der Waals surface area contributed by atoms with Crippen molar-refractivity contribution in [2.45, 2.75) is 6.54 Å². The van der Waals surface area contributed by atoms with Crippen molar-refractivity contribution in [1.82, 2.24) is 29.5 Å². The highest BCUT2D eigenvalue weighted by Gasteiger charge is 2.15. The van der Waals surface area contributed by atoms with Gasteiger partial charge in [-0.1, -0.05) is 35.0 Å². The van der Waals surface area contributed by atoms with E-state index in [1.54, 1.807) is 24.3 Å². The summed E-state index contributed by atoms with van der Waals surface area (Å²) in [6, 6.07) is 14.6. The van der Waals surface area contributed by atoms with Crippen LogP contribution in [-0.2, 0) is 6.54 Å². The van der Waals surface area contributed by atoms with Gasteiger partial charge in [0.25, 0.3) is 5.56 Å². The predicted octanol–water partition coefficient (Wildman–Crippen LogP) is 3.45. The van der Waals surface area contributed by atoms with Gasteiger partial charge in [0.15, 0.2) is 0 Å². The largest absolute Gasteiger partial charge is 0.337 e. The summed E-state index contributed by atoms with van der Waals surface area (Å²) in [6.45, 7) is -0.0177. The average molecular weight is 423 g/mol. The molecule has 8 nitrogen and oxygen atoms in total. The predicted molar refractivity (Wildman–Crippen MR) is 106 cm³/mol. The normalized spacial score (nSPS) is 11.3. The minimum absolute atomic E-state index is 0.0177. The first kappa shape index (κ1) is 18.2. The van der Waals surface area contributed by atoms with Crippen LogP contribution in [0.3, 0.4) is 0 Å². The van der Waals surface area contributed by atoms with Gasteiger partial charge in [-0.15, -0.1) is 0 Å². The summed E-state index contributed by atoms with van der Waals surface area (Å²) in [7, 11) is 0. The molecule has 0 N–H and O–H groups in total. The van der Waals surface area contributed by atoms with Crippen LogP contribution in [0.5, 0.6) is 0 Å². The van der Waals surface area contributed by atoms with Crippen LogP contribution in [0.1, 0.15) is 5.89 Å². The van der Waals surface area contributed by atoms with E-state index >= 15 is 0 Å². The second kappa shape index (κ2) is 7.20. The molecule has 0 bridgehead atoms. The Balaban J connectivity index is 1.47. The third-order valence-electron chi connectivity index (χ3n) is 4.50. The van der Waals surface area contributed by atoms with Gasteiger partial charge in [0, 0.05) is 11.1 Å². The molecule has 0 aliphatic heterocycles. The lowest BCUT2D eigenvalue weighted by Gasteiger charge is -2.00. The lowest BCUT2D eigenvalue weighted by atomic mass is 10.1. The van der Waals surface area contributed by atoms with Crippen molar-refractivity contribution in [2.24, 2.45) is 0 Å². The number of nitrogens with zero attached hydrogens (tertiary/aromatic N) is 6. The highest BCUT2D eigenvalue weighted by molar-refractivity contribution is 6.33. The van der Waals surface area contributed by atoms with Crippen LogP contribution in [0.15, 0.2) is 70.2 Å². The average Bonchev–Trinajstić information content (AvgIpc) is 3.39.